The van der Waals surface area contributed by atoms with Crippen LogP contribution in [0.4, 0.5) is 4.79 Å². The molecule has 1 aromatic carbocycles. The molecule has 9 heteroatoms. The van der Waals surface area contributed by atoms with Gasteiger partial charge in [-0.1, -0.05) is 30.3 Å². The van der Waals surface area contributed by atoms with Crippen molar-refractivity contribution in [2.75, 3.05) is 0 Å². The predicted octanol–water partition coefficient (Wildman–Crippen LogP) is 3.93. The van der Waals surface area contributed by atoms with Crippen LogP contribution in [0.15, 0.2) is 54.9 Å². The molecule has 34 heavy (non-hydrogen) atoms. The first-order chi connectivity index (χ1) is 16.5. The number of hydrogen-bond acceptors (Lipinski definition) is 6. The lowest BCUT2D eigenvalue weighted by molar-refractivity contribution is -0.143. The Morgan fingerprint density at radius 1 is 1.15 bits per heavy atom. The number of aromatic nitrogens is 3. The zero-order chi connectivity index (χ0) is 23.9. The fourth-order valence-electron chi connectivity index (χ4n) is 4.09. The number of rotatable bonds is 8. The summed E-state index contributed by atoms with van der Waals surface area (Å²) in [6, 6.07) is 13.1. The molecule has 1 aliphatic rings. The van der Waals surface area contributed by atoms with Crippen LogP contribution >= 0.6 is 0 Å². The molecule has 1 amide bonds. The van der Waals surface area contributed by atoms with E-state index in [9.17, 15) is 14.7 Å². The number of alkyl carbamates (subject to hydrolysis) is 1. The molecule has 9 nitrogen and oxygen atoms in total. The summed E-state index contributed by atoms with van der Waals surface area (Å²) in [6.07, 6.45) is 5.59. The van der Waals surface area contributed by atoms with E-state index in [2.05, 4.69) is 15.4 Å². The van der Waals surface area contributed by atoms with Gasteiger partial charge in [0.15, 0.2) is 0 Å². The Morgan fingerprint density at radius 3 is 2.71 bits per heavy atom. The predicted molar refractivity (Wildman–Crippen MR) is 124 cm³/mol. The van der Waals surface area contributed by atoms with E-state index >= 15 is 0 Å². The van der Waals surface area contributed by atoms with E-state index in [0.29, 0.717) is 24.3 Å². The van der Waals surface area contributed by atoms with E-state index in [0.717, 1.165) is 29.7 Å². The number of pyridine rings is 1. The summed E-state index contributed by atoms with van der Waals surface area (Å²) in [5.74, 6) is -0.507. The number of carbonyl (C=O) groups is 2. The monoisotopic (exact) mass is 464 g/mol. The Bertz CT molecular complexity index is 1110. The molecule has 1 saturated carbocycles. The first kappa shape index (κ1) is 23.3. The molecule has 2 aromatic heterocycles. The highest BCUT2D eigenvalue weighted by molar-refractivity contribution is 5.70. The first-order valence-electron chi connectivity index (χ1n) is 11.3. The van der Waals surface area contributed by atoms with Crippen LogP contribution in [-0.2, 0) is 29.7 Å². The number of aliphatic carboxylic acids is 1. The van der Waals surface area contributed by atoms with Crippen molar-refractivity contribution in [1.82, 2.24) is 20.1 Å². The molecule has 0 unspecified atom stereocenters. The zero-order valence-corrected chi connectivity index (χ0v) is 19.0. The van der Waals surface area contributed by atoms with Gasteiger partial charge in [0.05, 0.1) is 42.3 Å². The molecule has 2 heterocycles. The van der Waals surface area contributed by atoms with Crippen molar-refractivity contribution in [3.63, 3.8) is 0 Å². The largest absolute Gasteiger partial charge is 0.489 e. The lowest BCUT2D eigenvalue weighted by atomic mass is 9.87. The van der Waals surface area contributed by atoms with E-state index < -0.39 is 12.1 Å². The molecule has 4 rings (SSSR count). The van der Waals surface area contributed by atoms with Crippen LogP contribution in [0.2, 0.25) is 0 Å². The minimum Gasteiger partial charge on any atom is -0.489 e. The van der Waals surface area contributed by atoms with Crippen LogP contribution in [0.3, 0.4) is 0 Å². The highest BCUT2D eigenvalue weighted by Gasteiger charge is 2.28. The second kappa shape index (κ2) is 10.8. The standard InChI is InChI=1S/C25H28N4O5/c1-29-23(15-27-25(32)33-16-17-6-3-2-4-7-17)21(14-28-29)22-11-10-20(13-26-22)34-19-9-5-8-18(12-19)24(30)31/h2-4,6-7,10-11,13-14,18-19H,5,8-9,12,15-16H2,1H3,(H,27,32)(H,30,31)/t18-,19-/m0/s1. The van der Waals surface area contributed by atoms with Gasteiger partial charge in [-0.05, 0) is 43.4 Å². The number of nitrogens with one attached hydrogen (secondary N) is 1. The summed E-state index contributed by atoms with van der Waals surface area (Å²) in [6.45, 7) is 0.431. The Labute approximate surface area is 197 Å². The van der Waals surface area contributed by atoms with Gasteiger partial charge in [0.2, 0.25) is 0 Å². The normalized spacial score (nSPS) is 17.7. The number of aryl methyl sites for hydroxylation is 1. The molecule has 178 valence electrons. The summed E-state index contributed by atoms with van der Waals surface area (Å²) in [7, 11) is 1.80. The molecule has 2 N–H and O–H groups in total. The summed E-state index contributed by atoms with van der Waals surface area (Å²) < 4.78 is 12.9. The second-order valence-electron chi connectivity index (χ2n) is 8.36. The Balaban J connectivity index is 1.34. The first-order valence-corrected chi connectivity index (χ1v) is 11.3. The molecule has 1 aliphatic carbocycles. The minimum absolute atomic E-state index is 0.123. The molecule has 0 bridgehead atoms. The summed E-state index contributed by atoms with van der Waals surface area (Å²) in [5.41, 5.74) is 3.19. The van der Waals surface area contributed by atoms with Gasteiger partial charge in [0, 0.05) is 12.6 Å². The molecule has 0 spiro atoms. The van der Waals surface area contributed by atoms with E-state index in [1.54, 1.807) is 24.1 Å². The van der Waals surface area contributed by atoms with Crippen LogP contribution in [0, 0.1) is 5.92 Å². The molecule has 0 aliphatic heterocycles. The van der Waals surface area contributed by atoms with Gasteiger partial charge in [0.25, 0.3) is 0 Å². The van der Waals surface area contributed by atoms with Crippen LogP contribution in [0.25, 0.3) is 11.3 Å². The van der Waals surface area contributed by atoms with Crippen molar-refractivity contribution >= 4 is 12.1 Å². The number of carboxylic acids is 1. The second-order valence-corrected chi connectivity index (χ2v) is 8.36. The lowest BCUT2D eigenvalue weighted by Gasteiger charge is -2.27. The van der Waals surface area contributed by atoms with Crippen molar-refractivity contribution in [3.05, 3.63) is 66.1 Å². The third kappa shape index (κ3) is 5.92. The fraction of sp³-hybridized carbons (Fsp3) is 0.360. The maximum atomic E-state index is 12.1. The van der Waals surface area contributed by atoms with Crippen molar-refractivity contribution in [1.29, 1.82) is 0 Å². The van der Waals surface area contributed by atoms with E-state index in [1.807, 2.05) is 42.5 Å². The highest BCUT2D eigenvalue weighted by atomic mass is 16.5. The van der Waals surface area contributed by atoms with Gasteiger partial charge < -0.3 is 19.9 Å². The molecule has 0 saturated heterocycles. The number of nitrogens with zero attached hydrogens (tertiary/aromatic N) is 3. The highest BCUT2D eigenvalue weighted by Crippen LogP contribution is 2.29. The van der Waals surface area contributed by atoms with E-state index in [4.69, 9.17) is 9.47 Å². The SMILES string of the molecule is Cn1ncc(-c2ccc(O[C@H]3CCC[C@H](C(=O)O)C3)cn2)c1CNC(=O)OCc1ccccc1. The Kier molecular flexibility index (Phi) is 7.41. The van der Waals surface area contributed by atoms with Gasteiger partial charge in [-0.25, -0.2) is 4.79 Å². The molecule has 3 aromatic rings. The van der Waals surface area contributed by atoms with Crippen molar-refractivity contribution in [2.24, 2.45) is 13.0 Å². The van der Waals surface area contributed by atoms with Gasteiger partial charge in [-0.3, -0.25) is 14.5 Å². The van der Waals surface area contributed by atoms with Crippen LogP contribution in [0.5, 0.6) is 5.75 Å². The molecular weight excluding hydrogens is 436 g/mol. The van der Waals surface area contributed by atoms with Crippen molar-refractivity contribution < 1.29 is 24.2 Å². The van der Waals surface area contributed by atoms with Gasteiger partial charge in [-0.2, -0.15) is 5.10 Å². The van der Waals surface area contributed by atoms with Crippen LogP contribution in [0.1, 0.15) is 36.9 Å². The molecule has 1 fully saturated rings. The topological polar surface area (TPSA) is 116 Å². The average molecular weight is 465 g/mol. The Morgan fingerprint density at radius 2 is 1.97 bits per heavy atom. The number of amides is 1. The maximum absolute atomic E-state index is 12.1. The third-order valence-electron chi connectivity index (χ3n) is 5.96. The Hall–Kier alpha value is -3.88. The maximum Gasteiger partial charge on any atom is 0.407 e. The van der Waals surface area contributed by atoms with Crippen LogP contribution < -0.4 is 10.1 Å². The summed E-state index contributed by atoms with van der Waals surface area (Å²) >= 11 is 0. The number of carboxylic acid groups (broad SMARTS) is 1. The van der Waals surface area contributed by atoms with E-state index in [1.165, 1.54) is 0 Å². The molecule has 0 radical (unpaired) electrons. The smallest absolute Gasteiger partial charge is 0.407 e. The fourth-order valence-corrected chi connectivity index (χ4v) is 4.09. The third-order valence-corrected chi connectivity index (χ3v) is 5.96. The number of benzene rings is 1. The quantitative estimate of drug-likeness (QED) is 0.519. The average Bonchev–Trinajstić information content (AvgIpc) is 3.23. The van der Waals surface area contributed by atoms with Crippen molar-refractivity contribution in [2.45, 2.75) is 44.9 Å². The van der Waals surface area contributed by atoms with Crippen molar-refractivity contribution in [3.8, 4) is 17.0 Å². The van der Waals surface area contributed by atoms with Gasteiger partial charge in [0.1, 0.15) is 12.4 Å². The zero-order valence-electron chi connectivity index (χ0n) is 19.0. The van der Waals surface area contributed by atoms with Gasteiger partial charge in [-0.15, -0.1) is 0 Å². The van der Waals surface area contributed by atoms with Crippen LogP contribution in [-0.4, -0.2) is 38.0 Å². The number of ether oxygens (including phenoxy) is 2. The number of carbonyl (C=O) groups excluding carboxylic acids is 1. The minimum atomic E-state index is -0.761. The molecule has 2 atom stereocenters. The lowest BCUT2D eigenvalue weighted by Crippen LogP contribution is -2.29. The summed E-state index contributed by atoms with van der Waals surface area (Å²) in [4.78, 5) is 27.9. The summed E-state index contributed by atoms with van der Waals surface area (Å²) in [5, 5.41) is 16.3. The van der Waals surface area contributed by atoms with Gasteiger partial charge >= 0.3 is 12.1 Å². The molecular formula is C25H28N4O5. The van der Waals surface area contributed by atoms with E-state index in [-0.39, 0.29) is 25.2 Å². The number of hydrogen-bond donors (Lipinski definition) is 2.